The first kappa shape index (κ1) is 16.9. The van der Waals surface area contributed by atoms with Crippen molar-refractivity contribution in [1.82, 2.24) is 0 Å². The topological polar surface area (TPSA) is 27.7 Å². The summed E-state index contributed by atoms with van der Waals surface area (Å²) < 4.78 is 16.9. The molecule has 0 saturated carbocycles. The van der Waals surface area contributed by atoms with E-state index in [9.17, 15) is 0 Å². The van der Waals surface area contributed by atoms with Crippen LogP contribution in [0.1, 0.15) is 23.6 Å². The lowest BCUT2D eigenvalue weighted by Crippen LogP contribution is -2.09. The lowest BCUT2D eigenvalue weighted by Gasteiger charge is -2.12. The van der Waals surface area contributed by atoms with Gasteiger partial charge in [-0.1, -0.05) is 24.3 Å². The summed E-state index contributed by atoms with van der Waals surface area (Å²) in [6, 6.07) is 12.1. The second-order valence-electron chi connectivity index (χ2n) is 5.43. The van der Waals surface area contributed by atoms with Crippen LogP contribution in [0.25, 0.3) is 6.08 Å². The van der Waals surface area contributed by atoms with Gasteiger partial charge in [-0.2, -0.15) is 0 Å². The summed E-state index contributed by atoms with van der Waals surface area (Å²) in [6.45, 7) is 7.07. The molecule has 0 unspecified atom stereocenters. The van der Waals surface area contributed by atoms with Gasteiger partial charge in [0.1, 0.15) is 19.0 Å². The van der Waals surface area contributed by atoms with Crippen LogP contribution in [0.15, 0.2) is 42.5 Å². The molecule has 0 saturated heterocycles. The summed E-state index contributed by atoms with van der Waals surface area (Å²) >= 11 is 0. The van der Waals surface area contributed by atoms with Crippen molar-refractivity contribution in [3.05, 3.63) is 59.2 Å². The summed E-state index contributed by atoms with van der Waals surface area (Å²) in [5.74, 6) is 2.33. The van der Waals surface area contributed by atoms with Crippen LogP contribution in [0.5, 0.6) is 17.2 Å². The second kappa shape index (κ2) is 8.28. The molecule has 0 aliphatic heterocycles. The van der Waals surface area contributed by atoms with E-state index in [4.69, 9.17) is 14.2 Å². The first-order chi connectivity index (χ1) is 11.1. The zero-order valence-corrected chi connectivity index (χ0v) is 14.3. The van der Waals surface area contributed by atoms with E-state index in [0.717, 1.165) is 22.8 Å². The normalized spacial score (nSPS) is 10.8. The van der Waals surface area contributed by atoms with E-state index in [-0.39, 0.29) is 0 Å². The number of aryl methyl sites for hydroxylation is 2. The molecule has 0 fully saturated rings. The van der Waals surface area contributed by atoms with E-state index in [1.807, 2.05) is 49.4 Å². The van der Waals surface area contributed by atoms with Gasteiger partial charge in [0.15, 0.2) is 11.5 Å². The molecule has 3 nitrogen and oxygen atoms in total. The summed E-state index contributed by atoms with van der Waals surface area (Å²) in [7, 11) is 1.65. The number of ether oxygens (including phenoxy) is 3. The van der Waals surface area contributed by atoms with Crippen molar-refractivity contribution in [2.24, 2.45) is 0 Å². The highest BCUT2D eigenvalue weighted by molar-refractivity contribution is 5.55. The first-order valence-corrected chi connectivity index (χ1v) is 7.77. The number of hydrogen-bond donors (Lipinski definition) is 0. The van der Waals surface area contributed by atoms with Crippen LogP contribution >= 0.6 is 0 Å². The Balaban J connectivity index is 1.90. The molecule has 0 N–H and O–H groups in total. The van der Waals surface area contributed by atoms with Crippen molar-refractivity contribution in [2.75, 3.05) is 20.3 Å². The van der Waals surface area contributed by atoms with E-state index in [1.54, 1.807) is 7.11 Å². The van der Waals surface area contributed by atoms with Crippen LogP contribution in [-0.4, -0.2) is 20.3 Å². The van der Waals surface area contributed by atoms with Crippen molar-refractivity contribution in [2.45, 2.75) is 20.8 Å². The molecular formula is C20H24O3. The number of allylic oxidation sites excluding steroid dienone is 1. The van der Waals surface area contributed by atoms with Crippen molar-refractivity contribution in [1.29, 1.82) is 0 Å². The van der Waals surface area contributed by atoms with E-state index in [2.05, 4.69) is 19.9 Å². The minimum atomic E-state index is 0.465. The number of hydrogen-bond acceptors (Lipinski definition) is 3. The van der Waals surface area contributed by atoms with Gasteiger partial charge in [-0.05, 0) is 61.7 Å². The summed E-state index contributed by atoms with van der Waals surface area (Å²) in [4.78, 5) is 0. The Morgan fingerprint density at radius 2 is 1.57 bits per heavy atom. The molecule has 122 valence electrons. The van der Waals surface area contributed by atoms with Crippen molar-refractivity contribution in [3.8, 4) is 17.2 Å². The molecule has 23 heavy (non-hydrogen) atoms. The predicted octanol–water partition coefficient (Wildman–Crippen LogP) is 4.80. The fourth-order valence-corrected chi connectivity index (χ4v) is 2.43. The third-order valence-corrected chi connectivity index (χ3v) is 3.35. The van der Waals surface area contributed by atoms with E-state index in [0.29, 0.717) is 13.2 Å². The SMILES string of the molecule is CC=Cc1ccc(OCCOc2cc(C)cc(C)c2)c(OC)c1. The molecule has 2 rings (SSSR count). The molecule has 2 aromatic rings. The minimum absolute atomic E-state index is 0.465. The molecule has 2 aromatic carbocycles. The smallest absolute Gasteiger partial charge is 0.161 e. The summed E-state index contributed by atoms with van der Waals surface area (Å²) in [6.07, 6.45) is 4.02. The number of benzene rings is 2. The molecule has 0 aliphatic rings. The summed E-state index contributed by atoms with van der Waals surface area (Å²) in [5, 5.41) is 0. The van der Waals surface area contributed by atoms with Gasteiger partial charge in [-0.3, -0.25) is 0 Å². The van der Waals surface area contributed by atoms with Gasteiger partial charge in [0.05, 0.1) is 7.11 Å². The maximum absolute atomic E-state index is 5.77. The second-order valence-corrected chi connectivity index (χ2v) is 5.43. The van der Waals surface area contributed by atoms with Crippen LogP contribution in [-0.2, 0) is 0 Å². The fourth-order valence-electron chi connectivity index (χ4n) is 2.43. The van der Waals surface area contributed by atoms with E-state index >= 15 is 0 Å². The molecule has 0 radical (unpaired) electrons. The third kappa shape index (κ3) is 5.06. The molecule has 0 bridgehead atoms. The maximum Gasteiger partial charge on any atom is 0.161 e. The van der Waals surface area contributed by atoms with Crippen LogP contribution in [0, 0.1) is 13.8 Å². The van der Waals surface area contributed by atoms with Gasteiger partial charge in [-0.25, -0.2) is 0 Å². The molecule has 3 heteroatoms. The monoisotopic (exact) mass is 312 g/mol. The Morgan fingerprint density at radius 1 is 0.870 bits per heavy atom. The van der Waals surface area contributed by atoms with Crippen LogP contribution in [0.3, 0.4) is 0 Å². The molecule has 0 amide bonds. The molecule has 0 aromatic heterocycles. The fraction of sp³-hybridized carbons (Fsp3) is 0.300. The quantitative estimate of drug-likeness (QED) is 0.687. The average molecular weight is 312 g/mol. The number of methoxy groups -OCH3 is 1. The van der Waals surface area contributed by atoms with Crippen LogP contribution in [0.2, 0.25) is 0 Å². The number of rotatable bonds is 7. The van der Waals surface area contributed by atoms with Gasteiger partial charge < -0.3 is 14.2 Å². The van der Waals surface area contributed by atoms with E-state index in [1.165, 1.54) is 11.1 Å². The Labute approximate surface area is 138 Å². The lowest BCUT2D eigenvalue weighted by molar-refractivity contribution is 0.211. The Morgan fingerprint density at radius 3 is 2.22 bits per heavy atom. The molecule has 0 heterocycles. The zero-order chi connectivity index (χ0) is 16.7. The first-order valence-electron chi connectivity index (χ1n) is 7.77. The van der Waals surface area contributed by atoms with Gasteiger partial charge in [0.2, 0.25) is 0 Å². The van der Waals surface area contributed by atoms with Crippen molar-refractivity contribution in [3.63, 3.8) is 0 Å². The Bertz CT molecular complexity index is 654. The van der Waals surface area contributed by atoms with Crippen molar-refractivity contribution >= 4 is 6.08 Å². The Kier molecular flexibility index (Phi) is 6.10. The van der Waals surface area contributed by atoms with Gasteiger partial charge >= 0.3 is 0 Å². The Hall–Kier alpha value is -2.42. The standard InChI is InChI=1S/C20H24O3/c1-5-6-17-7-8-19(20(14-17)21-4)23-10-9-22-18-12-15(2)11-16(3)13-18/h5-8,11-14H,9-10H2,1-4H3. The maximum atomic E-state index is 5.77. The van der Waals surface area contributed by atoms with Gasteiger partial charge in [0, 0.05) is 0 Å². The summed E-state index contributed by atoms with van der Waals surface area (Å²) in [5.41, 5.74) is 3.48. The third-order valence-electron chi connectivity index (χ3n) is 3.35. The molecule has 0 spiro atoms. The molecule has 0 aliphatic carbocycles. The molecule has 0 atom stereocenters. The van der Waals surface area contributed by atoms with Gasteiger partial charge in [-0.15, -0.1) is 0 Å². The lowest BCUT2D eigenvalue weighted by atomic mass is 10.1. The molecular weight excluding hydrogens is 288 g/mol. The van der Waals surface area contributed by atoms with Crippen molar-refractivity contribution < 1.29 is 14.2 Å². The highest BCUT2D eigenvalue weighted by atomic mass is 16.5. The predicted molar refractivity (Wildman–Crippen MR) is 94.6 cm³/mol. The largest absolute Gasteiger partial charge is 0.493 e. The average Bonchev–Trinajstić information content (AvgIpc) is 2.52. The zero-order valence-electron chi connectivity index (χ0n) is 14.3. The van der Waals surface area contributed by atoms with E-state index < -0.39 is 0 Å². The van der Waals surface area contributed by atoms with Gasteiger partial charge in [0.25, 0.3) is 0 Å². The minimum Gasteiger partial charge on any atom is -0.493 e. The van der Waals surface area contributed by atoms with Crippen LogP contribution in [0.4, 0.5) is 0 Å². The van der Waals surface area contributed by atoms with Crippen LogP contribution < -0.4 is 14.2 Å². The highest BCUT2D eigenvalue weighted by Gasteiger charge is 2.05. The highest BCUT2D eigenvalue weighted by Crippen LogP contribution is 2.28.